The first-order chi connectivity index (χ1) is 8.84. The molecule has 3 nitrogen and oxygen atoms in total. The van der Waals surface area contributed by atoms with Crippen LogP contribution in [0.3, 0.4) is 0 Å². The van der Waals surface area contributed by atoms with Gasteiger partial charge in [0, 0.05) is 5.39 Å². The van der Waals surface area contributed by atoms with Gasteiger partial charge in [-0.3, -0.25) is 0 Å². The quantitative estimate of drug-likeness (QED) is 0.777. The largest absolute Gasteiger partial charge is 0.462 e. The monoisotopic (exact) mass is 272 g/mol. The summed E-state index contributed by atoms with van der Waals surface area (Å²) in [6.45, 7) is 3.35. The van der Waals surface area contributed by atoms with E-state index in [0.717, 1.165) is 12.1 Å². The van der Waals surface area contributed by atoms with Gasteiger partial charge in [0.2, 0.25) is 0 Å². The summed E-state index contributed by atoms with van der Waals surface area (Å²) >= 11 is 0. The SMILES string of the molecule is CCOC(=O)c1c(C)oc2cc(C(F)(F)F)ccc12. The number of halogens is 3. The second kappa shape index (κ2) is 4.60. The van der Waals surface area contributed by atoms with Crippen LogP contribution in [-0.4, -0.2) is 12.6 Å². The number of aryl methyl sites for hydroxylation is 1. The number of esters is 1. The van der Waals surface area contributed by atoms with E-state index in [9.17, 15) is 18.0 Å². The number of ether oxygens (including phenoxy) is 1. The van der Waals surface area contributed by atoms with Crippen LogP contribution in [0.1, 0.15) is 28.6 Å². The van der Waals surface area contributed by atoms with Crippen LogP contribution in [0.5, 0.6) is 0 Å². The van der Waals surface area contributed by atoms with Gasteiger partial charge in [-0.2, -0.15) is 13.2 Å². The molecule has 0 fully saturated rings. The Labute approximate surface area is 107 Å². The zero-order chi connectivity index (χ0) is 14.2. The summed E-state index contributed by atoms with van der Waals surface area (Å²) in [6.07, 6.45) is -4.45. The van der Waals surface area contributed by atoms with Crippen molar-refractivity contribution in [2.75, 3.05) is 6.61 Å². The molecule has 0 unspecified atom stereocenters. The molecule has 1 heterocycles. The summed E-state index contributed by atoms with van der Waals surface area (Å²) < 4.78 is 47.8. The van der Waals surface area contributed by atoms with E-state index in [1.165, 1.54) is 13.0 Å². The lowest BCUT2D eigenvalue weighted by Crippen LogP contribution is -2.06. The molecular formula is C13H11F3O3. The van der Waals surface area contributed by atoms with Crippen molar-refractivity contribution in [2.45, 2.75) is 20.0 Å². The number of carbonyl (C=O) groups is 1. The van der Waals surface area contributed by atoms with Gasteiger partial charge in [0.1, 0.15) is 16.9 Å². The Morgan fingerprint density at radius 3 is 2.63 bits per heavy atom. The summed E-state index contributed by atoms with van der Waals surface area (Å²) in [5.41, 5.74) is -0.620. The van der Waals surface area contributed by atoms with Gasteiger partial charge in [-0.15, -0.1) is 0 Å². The molecule has 0 amide bonds. The molecule has 2 aromatic rings. The summed E-state index contributed by atoms with van der Waals surface area (Å²) in [5.74, 6) is -0.355. The molecule has 0 N–H and O–H groups in total. The van der Waals surface area contributed by atoms with E-state index in [4.69, 9.17) is 9.15 Å². The van der Waals surface area contributed by atoms with Crippen LogP contribution < -0.4 is 0 Å². The third kappa shape index (κ3) is 2.43. The fourth-order valence-corrected chi connectivity index (χ4v) is 1.85. The van der Waals surface area contributed by atoms with Crippen LogP contribution in [0.15, 0.2) is 22.6 Å². The summed E-state index contributed by atoms with van der Waals surface area (Å²) in [6, 6.07) is 3.02. The highest BCUT2D eigenvalue weighted by atomic mass is 19.4. The number of carbonyl (C=O) groups excluding carboxylic acids is 1. The van der Waals surface area contributed by atoms with Gasteiger partial charge < -0.3 is 9.15 Å². The Kier molecular flexibility index (Phi) is 3.26. The maximum absolute atomic E-state index is 12.6. The molecule has 0 aliphatic rings. The number of alkyl halides is 3. The molecule has 1 aromatic carbocycles. The molecule has 0 saturated heterocycles. The maximum Gasteiger partial charge on any atom is 0.416 e. The summed E-state index contributed by atoms with van der Waals surface area (Å²) in [5, 5.41) is 0.323. The Hall–Kier alpha value is -1.98. The smallest absolute Gasteiger partial charge is 0.416 e. The van der Waals surface area contributed by atoms with E-state index in [1.54, 1.807) is 6.92 Å². The number of fused-ring (bicyclic) bond motifs is 1. The number of hydrogen-bond donors (Lipinski definition) is 0. The van der Waals surface area contributed by atoms with E-state index in [-0.39, 0.29) is 23.5 Å². The number of furan rings is 1. The van der Waals surface area contributed by atoms with E-state index in [2.05, 4.69) is 0 Å². The zero-order valence-electron chi connectivity index (χ0n) is 10.3. The first-order valence-corrected chi connectivity index (χ1v) is 5.62. The van der Waals surface area contributed by atoms with Crippen LogP contribution in [-0.2, 0) is 10.9 Å². The maximum atomic E-state index is 12.6. The van der Waals surface area contributed by atoms with Gasteiger partial charge in [0.25, 0.3) is 0 Å². The normalized spacial score (nSPS) is 11.8. The third-order valence-electron chi connectivity index (χ3n) is 2.67. The van der Waals surface area contributed by atoms with Gasteiger partial charge in [-0.25, -0.2) is 4.79 Å². The minimum atomic E-state index is -4.45. The third-order valence-corrected chi connectivity index (χ3v) is 2.67. The van der Waals surface area contributed by atoms with E-state index < -0.39 is 17.7 Å². The second-order valence-corrected chi connectivity index (χ2v) is 3.96. The Morgan fingerprint density at radius 2 is 2.05 bits per heavy atom. The predicted molar refractivity (Wildman–Crippen MR) is 61.9 cm³/mol. The summed E-state index contributed by atoms with van der Waals surface area (Å²) in [7, 11) is 0. The molecular weight excluding hydrogens is 261 g/mol. The van der Waals surface area contributed by atoms with Gasteiger partial charge >= 0.3 is 12.1 Å². The molecule has 0 radical (unpaired) electrons. The molecule has 102 valence electrons. The van der Waals surface area contributed by atoms with Gasteiger partial charge in [0.15, 0.2) is 0 Å². The van der Waals surface area contributed by atoms with Crippen molar-refractivity contribution in [2.24, 2.45) is 0 Å². The fourth-order valence-electron chi connectivity index (χ4n) is 1.85. The van der Waals surface area contributed by atoms with Crippen molar-refractivity contribution < 1.29 is 27.1 Å². The van der Waals surface area contributed by atoms with Crippen LogP contribution in [0.2, 0.25) is 0 Å². The zero-order valence-corrected chi connectivity index (χ0v) is 10.3. The minimum absolute atomic E-state index is 0.0235. The Bertz CT molecular complexity index is 626. The first-order valence-electron chi connectivity index (χ1n) is 5.62. The molecule has 1 aromatic heterocycles. The molecule has 19 heavy (non-hydrogen) atoms. The van der Waals surface area contributed by atoms with Crippen molar-refractivity contribution >= 4 is 16.9 Å². The standard InChI is InChI=1S/C13H11F3O3/c1-3-18-12(17)11-7(2)19-10-6-8(13(14,15)16)4-5-9(10)11/h4-6H,3H2,1-2H3. The van der Waals surface area contributed by atoms with Crippen molar-refractivity contribution in [3.8, 4) is 0 Å². The molecule has 0 spiro atoms. The fraction of sp³-hybridized carbons (Fsp3) is 0.308. The van der Waals surface area contributed by atoms with Gasteiger partial charge in [0.05, 0.1) is 12.2 Å². The molecule has 0 saturated carbocycles. The topological polar surface area (TPSA) is 39.4 Å². The number of benzene rings is 1. The van der Waals surface area contributed by atoms with E-state index in [1.807, 2.05) is 0 Å². The highest BCUT2D eigenvalue weighted by molar-refractivity contribution is 6.04. The van der Waals surface area contributed by atoms with Crippen molar-refractivity contribution in [3.05, 3.63) is 35.1 Å². The van der Waals surface area contributed by atoms with Crippen molar-refractivity contribution in [1.29, 1.82) is 0 Å². The van der Waals surface area contributed by atoms with Crippen molar-refractivity contribution in [1.82, 2.24) is 0 Å². The lowest BCUT2D eigenvalue weighted by Gasteiger charge is -2.05. The summed E-state index contributed by atoms with van der Waals surface area (Å²) in [4.78, 5) is 11.7. The first kappa shape index (κ1) is 13.5. The number of rotatable bonds is 2. The van der Waals surface area contributed by atoms with Crippen LogP contribution in [0.25, 0.3) is 11.0 Å². The molecule has 2 rings (SSSR count). The lowest BCUT2D eigenvalue weighted by atomic mass is 10.1. The van der Waals surface area contributed by atoms with Crippen LogP contribution >= 0.6 is 0 Å². The van der Waals surface area contributed by atoms with Crippen LogP contribution in [0.4, 0.5) is 13.2 Å². The van der Waals surface area contributed by atoms with Gasteiger partial charge in [-0.1, -0.05) is 0 Å². The molecule has 0 atom stereocenters. The highest BCUT2D eigenvalue weighted by Crippen LogP contribution is 2.34. The van der Waals surface area contributed by atoms with Gasteiger partial charge in [-0.05, 0) is 32.0 Å². The molecule has 6 heteroatoms. The molecule has 0 aliphatic heterocycles. The average molecular weight is 272 g/mol. The van der Waals surface area contributed by atoms with E-state index in [0.29, 0.717) is 5.39 Å². The van der Waals surface area contributed by atoms with E-state index >= 15 is 0 Å². The minimum Gasteiger partial charge on any atom is -0.462 e. The lowest BCUT2D eigenvalue weighted by molar-refractivity contribution is -0.137. The average Bonchev–Trinajstić information content (AvgIpc) is 2.62. The Morgan fingerprint density at radius 1 is 1.37 bits per heavy atom. The molecule has 0 aliphatic carbocycles. The van der Waals surface area contributed by atoms with Crippen molar-refractivity contribution in [3.63, 3.8) is 0 Å². The number of hydrogen-bond acceptors (Lipinski definition) is 3. The highest BCUT2D eigenvalue weighted by Gasteiger charge is 2.31. The molecule has 0 bridgehead atoms. The van der Waals surface area contributed by atoms with Crippen LogP contribution in [0, 0.1) is 6.92 Å². The predicted octanol–water partition coefficient (Wildman–Crippen LogP) is 3.94. The second-order valence-electron chi connectivity index (χ2n) is 3.96. The Balaban J connectivity index is 2.57.